The number of esters is 2. The second-order valence-electron chi connectivity index (χ2n) is 6.05. The lowest BCUT2D eigenvalue weighted by Gasteiger charge is -2.29. The number of urea groups is 1. The molecule has 0 saturated heterocycles. The van der Waals surface area contributed by atoms with Crippen LogP contribution < -0.4 is 10.6 Å². The SMILES string of the molecule is CCOC(=O)C1=C(COC(=O)/C=C/c2ccsc2)NC(=O)N[C@@H]1c1ccccc1. The van der Waals surface area contributed by atoms with Crippen LogP contribution in [0.2, 0.25) is 0 Å². The van der Waals surface area contributed by atoms with Gasteiger partial charge in [-0.1, -0.05) is 30.3 Å². The molecule has 0 aliphatic carbocycles. The van der Waals surface area contributed by atoms with Gasteiger partial charge in [-0.25, -0.2) is 14.4 Å². The first-order chi connectivity index (χ1) is 14.1. The summed E-state index contributed by atoms with van der Waals surface area (Å²) in [7, 11) is 0. The molecule has 1 aromatic carbocycles. The van der Waals surface area contributed by atoms with Crippen molar-refractivity contribution in [3.8, 4) is 0 Å². The molecule has 0 saturated carbocycles. The van der Waals surface area contributed by atoms with Crippen molar-refractivity contribution in [3.05, 3.63) is 75.6 Å². The molecule has 3 rings (SSSR count). The zero-order valence-corrected chi connectivity index (χ0v) is 16.5. The predicted molar refractivity (Wildman–Crippen MR) is 109 cm³/mol. The van der Waals surface area contributed by atoms with Gasteiger partial charge in [0.15, 0.2) is 0 Å². The molecular weight excluding hydrogens is 392 g/mol. The van der Waals surface area contributed by atoms with E-state index in [2.05, 4.69) is 10.6 Å². The topological polar surface area (TPSA) is 93.7 Å². The number of nitrogens with one attached hydrogen (secondary N) is 2. The van der Waals surface area contributed by atoms with E-state index in [1.165, 1.54) is 17.4 Å². The van der Waals surface area contributed by atoms with Crippen LogP contribution in [0.5, 0.6) is 0 Å². The van der Waals surface area contributed by atoms with Gasteiger partial charge in [0.05, 0.1) is 23.9 Å². The van der Waals surface area contributed by atoms with Crippen LogP contribution in [0, 0.1) is 0 Å². The first-order valence-electron chi connectivity index (χ1n) is 8.98. The van der Waals surface area contributed by atoms with Crippen molar-refractivity contribution >= 4 is 35.4 Å². The monoisotopic (exact) mass is 412 g/mol. The molecule has 0 fully saturated rings. The molecule has 1 aromatic heterocycles. The molecule has 1 atom stereocenters. The summed E-state index contributed by atoms with van der Waals surface area (Å²) in [6.07, 6.45) is 2.93. The number of carbonyl (C=O) groups is 3. The van der Waals surface area contributed by atoms with Crippen LogP contribution >= 0.6 is 11.3 Å². The first-order valence-corrected chi connectivity index (χ1v) is 9.92. The van der Waals surface area contributed by atoms with Crippen molar-refractivity contribution in [1.82, 2.24) is 10.6 Å². The summed E-state index contributed by atoms with van der Waals surface area (Å²) in [5.41, 5.74) is 2.00. The summed E-state index contributed by atoms with van der Waals surface area (Å²) in [6, 6.07) is 9.70. The third-order valence-electron chi connectivity index (χ3n) is 4.10. The number of rotatable bonds is 7. The van der Waals surface area contributed by atoms with E-state index in [-0.39, 0.29) is 24.5 Å². The summed E-state index contributed by atoms with van der Waals surface area (Å²) >= 11 is 1.52. The van der Waals surface area contributed by atoms with Crippen molar-refractivity contribution in [2.75, 3.05) is 13.2 Å². The Bertz CT molecular complexity index is 935. The molecule has 2 heterocycles. The van der Waals surface area contributed by atoms with Gasteiger partial charge in [-0.3, -0.25) is 0 Å². The fourth-order valence-electron chi connectivity index (χ4n) is 2.80. The second-order valence-corrected chi connectivity index (χ2v) is 6.83. The molecule has 2 amide bonds. The first kappa shape index (κ1) is 20.3. The number of amides is 2. The zero-order chi connectivity index (χ0) is 20.6. The van der Waals surface area contributed by atoms with Gasteiger partial charge in [0.2, 0.25) is 0 Å². The van der Waals surface area contributed by atoms with Crippen LogP contribution in [0.1, 0.15) is 24.1 Å². The van der Waals surface area contributed by atoms with Crippen LogP contribution in [0.4, 0.5) is 4.79 Å². The Balaban J connectivity index is 1.83. The average Bonchev–Trinajstić information content (AvgIpc) is 3.24. The highest BCUT2D eigenvalue weighted by molar-refractivity contribution is 7.08. The normalized spacial score (nSPS) is 16.3. The molecule has 29 heavy (non-hydrogen) atoms. The van der Waals surface area contributed by atoms with Gasteiger partial charge >= 0.3 is 18.0 Å². The van der Waals surface area contributed by atoms with Crippen molar-refractivity contribution in [2.24, 2.45) is 0 Å². The molecule has 8 heteroatoms. The number of ether oxygens (including phenoxy) is 2. The minimum absolute atomic E-state index is 0.175. The lowest BCUT2D eigenvalue weighted by molar-refractivity contribution is -0.140. The Morgan fingerprint density at radius 1 is 1.17 bits per heavy atom. The molecule has 2 N–H and O–H groups in total. The Hall–Kier alpha value is -3.39. The lowest BCUT2D eigenvalue weighted by atomic mass is 9.95. The van der Waals surface area contributed by atoms with Gasteiger partial charge in [-0.2, -0.15) is 11.3 Å². The molecule has 0 bridgehead atoms. The molecular formula is C21H20N2O5S. The summed E-state index contributed by atoms with van der Waals surface area (Å²) in [4.78, 5) is 36.8. The minimum Gasteiger partial charge on any atom is -0.463 e. The van der Waals surface area contributed by atoms with Gasteiger partial charge in [0, 0.05) is 6.08 Å². The van der Waals surface area contributed by atoms with Crippen LogP contribution in [0.25, 0.3) is 6.08 Å². The van der Waals surface area contributed by atoms with E-state index in [1.807, 2.05) is 22.9 Å². The van der Waals surface area contributed by atoms with Crippen molar-refractivity contribution in [2.45, 2.75) is 13.0 Å². The molecule has 0 unspecified atom stereocenters. The van der Waals surface area contributed by atoms with E-state index >= 15 is 0 Å². The molecule has 150 valence electrons. The van der Waals surface area contributed by atoms with Crippen LogP contribution in [0.3, 0.4) is 0 Å². The van der Waals surface area contributed by atoms with Gasteiger partial charge in [-0.05, 0) is 41.0 Å². The third kappa shape index (κ3) is 5.32. The molecule has 1 aliphatic heterocycles. The van der Waals surface area contributed by atoms with Crippen LogP contribution in [0.15, 0.2) is 64.5 Å². The standard InChI is InChI=1S/C21H20N2O5S/c1-2-27-20(25)18-16(12-28-17(24)9-8-14-10-11-29-13-14)22-21(26)23-19(18)15-6-4-3-5-7-15/h3-11,13,19H,2,12H2,1H3,(H2,22,23,26)/b9-8+/t19-/m1/s1. The molecule has 0 spiro atoms. The van der Waals surface area contributed by atoms with E-state index < -0.39 is 24.0 Å². The average molecular weight is 412 g/mol. The fourth-order valence-corrected chi connectivity index (χ4v) is 3.43. The number of benzene rings is 1. The Morgan fingerprint density at radius 2 is 1.97 bits per heavy atom. The summed E-state index contributed by atoms with van der Waals surface area (Å²) in [5.74, 6) is -1.18. The summed E-state index contributed by atoms with van der Waals surface area (Å²) in [5, 5.41) is 9.07. The van der Waals surface area contributed by atoms with E-state index in [0.29, 0.717) is 5.56 Å². The predicted octanol–water partition coefficient (Wildman–Crippen LogP) is 3.18. The van der Waals surface area contributed by atoms with Crippen LogP contribution in [-0.2, 0) is 19.1 Å². The Labute approximate surface area is 172 Å². The van der Waals surface area contributed by atoms with Crippen molar-refractivity contribution in [3.63, 3.8) is 0 Å². The molecule has 7 nitrogen and oxygen atoms in total. The Kier molecular flexibility index (Phi) is 6.80. The quantitative estimate of drug-likeness (QED) is 0.538. The maximum absolute atomic E-state index is 12.6. The lowest BCUT2D eigenvalue weighted by Crippen LogP contribution is -2.47. The fraction of sp³-hybridized carbons (Fsp3) is 0.190. The van der Waals surface area contributed by atoms with E-state index in [4.69, 9.17) is 9.47 Å². The number of hydrogen-bond donors (Lipinski definition) is 2. The molecule has 2 aromatic rings. The second kappa shape index (κ2) is 9.70. The highest BCUT2D eigenvalue weighted by Gasteiger charge is 2.34. The van der Waals surface area contributed by atoms with Crippen LogP contribution in [-0.4, -0.2) is 31.2 Å². The highest BCUT2D eigenvalue weighted by Crippen LogP contribution is 2.27. The smallest absolute Gasteiger partial charge is 0.338 e. The van der Waals surface area contributed by atoms with E-state index in [9.17, 15) is 14.4 Å². The molecule has 1 aliphatic rings. The number of carbonyl (C=O) groups excluding carboxylic acids is 3. The van der Waals surface area contributed by atoms with Crippen molar-refractivity contribution in [1.29, 1.82) is 0 Å². The largest absolute Gasteiger partial charge is 0.463 e. The minimum atomic E-state index is -0.709. The van der Waals surface area contributed by atoms with Gasteiger partial charge in [0.25, 0.3) is 0 Å². The summed E-state index contributed by atoms with van der Waals surface area (Å²) in [6.45, 7) is 1.60. The van der Waals surface area contributed by atoms with Gasteiger partial charge < -0.3 is 20.1 Å². The number of hydrogen-bond acceptors (Lipinski definition) is 6. The molecule has 0 radical (unpaired) electrons. The zero-order valence-electron chi connectivity index (χ0n) is 15.7. The van der Waals surface area contributed by atoms with Crippen molar-refractivity contribution < 1.29 is 23.9 Å². The summed E-state index contributed by atoms with van der Waals surface area (Å²) < 4.78 is 10.4. The highest BCUT2D eigenvalue weighted by atomic mass is 32.1. The Morgan fingerprint density at radius 3 is 2.66 bits per heavy atom. The maximum Gasteiger partial charge on any atom is 0.338 e. The van der Waals surface area contributed by atoms with E-state index in [0.717, 1.165) is 5.56 Å². The van der Waals surface area contributed by atoms with Gasteiger partial charge in [-0.15, -0.1) is 0 Å². The van der Waals surface area contributed by atoms with E-state index in [1.54, 1.807) is 37.3 Å². The van der Waals surface area contributed by atoms with Gasteiger partial charge in [0.1, 0.15) is 6.61 Å². The third-order valence-corrected chi connectivity index (χ3v) is 4.80. The maximum atomic E-state index is 12.6. The number of thiophene rings is 1.